The van der Waals surface area contributed by atoms with E-state index in [9.17, 15) is 9.90 Å². The fraction of sp³-hybridized carbons (Fsp3) is 0.0690. The van der Waals surface area contributed by atoms with E-state index in [1.807, 2.05) is 91.0 Å². The van der Waals surface area contributed by atoms with Gasteiger partial charge in [-0.3, -0.25) is 4.79 Å². The summed E-state index contributed by atoms with van der Waals surface area (Å²) in [5, 5.41) is 16.0. The number of ketones is 1. The number of aliphatic hydroxyl groups is 1. The molecule has 164 valence electrons. The first kappa shape index (κ1) is 22.5. The summed E-state index contributed by atoms with van der Waals surface area (Å²) in [4.78, 5) is 13.0. The Morgan fingerprint density at radius 3 is 1.76 bits per heavy atom. The smallest absolute Gasteiger partial charge is 0.187 e. The summed E-state index contributed by atoms with van der Waals surface area (Å²) in [6.45, 7) is 0. The minimum Gasteiger partial charge on any atom is -0.380 e. The van der Waals surface area contributed by atoms with Crippen LogP contribution in [0.3, 0.4) is 0 Å². The second-order valence-electron chi connectivity index (χ2n) is 7.80. The van der Waals surface area contributed by atoms with Gasteiger partial charge in [0, 0.05) is 34.5 Å². The van der Waals surface area contributed by atoms with Crippen LogP contribution in [0.4, 0.5) is 5.69 Å². The molecule has 0 aliphatic rings. The molecule has 3 nitrogen and oxygen atoms in total. The molecule has 0 atom stereocenters. The molecule has 4 aromatic carbocycles. The Labute approximate surface area is 199 Å². The molecule has 0 aromatic heterocycles. The van der Waals surface area contributed by atoms with E-state index in [2.05, 4.69) is 5.32 Å². The standard InChI is InChI=1S/C29H24ClNO2/c30-25-16-18-26(19-17-25)31-27(20-28(32)22-10-4-1-5-11-22)21-29(33,23-12-6-2-7-13-23)24-14-8-3-9-15-24/h1-20,31,33H,21H2/b27-20-. The Bertz CT molecular complexity index is 1180. The number of allylic oxidation sites excluding steroid dienone is 1. The van der Waals surface area contributed by atoms with E-state index in [0.29, 0.717) is 16.3 Å². The molecule has 0 amide bonds. The molecule has 0 unspecified atom stereocenters. The lowest BCUT2D eigenvalue weighted by atomic mass is 9.82. The van der Waals surface area contributed by atoms with E-state index in [0.717, 1.165) is 16.8 Å². The molecule has 0 saturated heterocycles. The van der Waals surface area contributed by atoms with Crippen molar-refractivity contribution in [2.45, 2.75) is 12.0 Å². The van der Waals surface area contributed by atoms with Gasteiger partial charge in [0.2, 0.25) is 0 Å². The van der Waals surface area contributed by atoms with Crippen LogP contribution in [-0.4, -0.2) is 10.9 Å². The van der Waals surface area contributed by atoms with Crippen molar-refractivity contribution in [3.05, 3.63) is 149 Å². The fourth-order valence-electron chi connectivity index (χ4n) is 3.77. The molecule has 0 bridgehead atoms. The summed E-state index contributed by atoms with van der Waals surface area (Å²) in [5.74, 6) is -0.143. The Morgan fingerprint density at radius 1 is 0.758 bits per heavy atom. The number of nitrogens with one attached hydrogen (secondary N) is 1. The Balaban J connectivity index is 1.76. The van der Waals surface area contributed by atoms with Gasteiger partial charge in [0.05, 0.1) is 0 Å². The molecule has 0 fully saturated rings. The maximum absolute atomic E-state index is 13.0. The lowest BCUT2D eigenvalue weighted by Crippen LogP contribution is -2.29. The van der Waals surface area contributed by atoms with Gasteiger partial charge in [-0.05, 0) is 35.4 Å². The van der Waals surface area contributed by atoms with Crippen molar-refractivity contribution in [3.8, 4) is 0 Å². The van der Waals surface area contributed by atoms with Crippen LogP contribution < -0.4 is 5.32 Å². The average molecular weight is 454 g/mol. The summed E-state index contributed by atoms with van der Waals surface area (Å²) in [7, 11) is 0. The second-order valence-corrected chi connectivity index (χ2v) is 8.24. The number of halogens is 1. The van der Waals surface area contributed by atoms with Gasteiger partial charge in [-0.1, -0.05) is 103 Å². The maximum atomic E-state index is 13.0. The topological polar surface area (TPSA) is 49.3 Å². The highest BCUT2D eigenvalue weighted by Crippen LogP contribution is 2.36. The van der Waals surface area contributed by atoms with Gasteiger partial charge in [-0.2, -0.15) is 0 Å². The molecular weight excluding hydrogens is 430 g/mol. The number of carbonyl (C=O) groups excluding carboxylic acids is 1. The molecular formula is C29H24ClNO2. The number of anilines is 1. The van der Waals surface area contributed by atoms with Crippen molar-refractivity contribution < 1.29 is 9.90 Å². The first-order chi connectivity index (χ1) is 16.0. The lowest BCUT2D eigenvalue weighted by molar-refractivity contribution is 0.0812. The van der Waals surface area contributed by atoms with E-state index in [1.165, 1.54) is 0 Å². The molecule has 4 aromatic rings. The van der Waals surface area contributed by atoms with Crippen molar-refractivity contribution in [1.82, 2.24) is 0 Å². The number of carbonyl (C=O) groups is 1. The van der Waals surface area contributed by atoms with Gasteiger partial charge in [-0.25, -0.2) is 0 Å². The third-order valence-corrected chi connectivity index (χ3v) is 5.71. The largest absolute Gasteiger partial charge is 0.380 e. The molecule has 0 heterocycles. The summed E-state index contributed by atoms with van der Waals surface area (Å²) in [5.41, 5.74) is 2.08. The molecule has 0 radical (unpaired) electrons. The SMILES string of the molecule is O=C(/C=C(/CC(O)(c1ccccc1)c1ccccc1)Nc1ccc(Cl)cc1)c1ccccc1. The monoisotopic (exact) mass is 453 g/mol. The van der Waals surface area contributed by atoms with Gasteiger partial charge in [0.25, 0.3) is 0 Å². The van der Waals surface area contributed by atoms with Crippen LogP contribution in [0.15, 0.2) is 127 Å². The van der Waals surface area contributed by atoms with Gasteiger partial charge < -0.3 is 10.4 Å². The van der Waals surface area contributed by atoms with Crippen LogP contribution in [0.1, 0.15) is 27.9 Å². The molecule has 0 aliphatic carbocycles. The summed E-state index contributed by atoms with van der Waals surface area (Å²) >= 11 is 6.04. The van der Waals surface area contributed by atoms with E-state index >= 15 is 0 Å². The molecule has 4 rings (SSSR count). The van der Waals surface area contributed by atoms with Crippen LogP contribution in [-0.2, 0) is 5.60 Å². The fourth-order valence-corrected chi connectivity index (χ4v) is 3.89. The molecule has 0 spiro atoms. The predicted molar refractivity (Wildman–Crippen MR) is 134 cm³/mol. The highest BCUT2D eigenvalue weighted by molar-refractivity contribution is 6.30. The highest BCUT2D eigenvalue weighted by Gasteiger charge is 2.33. The van der Waals surface area contributed by atoms with Crippen LogP contribution >= 0.6 is 11.6 Å². The minimum atomic E-state index is -1.34. The second kappa shape index (κ2) is 10.3. The van der Waals surface area contributed by atoms with Gasteiger partial charge in [0.1, 0.15) is 5.60 Å². The lowest BCUT2D eigenvalue weighted by Gasteiger charge is -2.31. The first-order valence-corrected chi connectivity index (χ1v) is 11.1. The van der Waals surface area contributed by atoms with Crippen LogP contribution in [0.5, 0.6) is 0 Å². The molecule has 2 N–H and O–H groups in total. The predicted octanol–water partition coefficient (Wildman–Crippen LogP) is 6.84. The summed E-state index contributed by atoms with van der Waals surface area (Å²) in [6.07, 6.45) is 1.73. The molecule has 0 saturated carbocycles. The van der Waals surface area contributed by atoms with Crippen LogP contribution in [0, 0.1) is 0 Å². The zero-order valence-corrected chi connectivity index (χ0v) is 18.7. The summed E-state index contributed by atoms with van der Waals surface area (Å²) in [6, 6.07) is 35.3. The molecule has 0 aliphatic heterocycles. The Hall–Kier alpha value is -3.66. The number of rotatable bonds is 8. The molecule has 33 heavy (non-hydrogen) atoms. The van der Waals surface area contributed by atoms with Crippen molar-refractivity contribution in [3.63, 3.8) is 0 Å². The molecule has 4 heteroatoms. The van der Waals surface area contributed by atoms with Crippen LogP contribution in [0.2, 0.25) is 5.02 Å². The zero-order valence-electron chi connectivity index (χ0n) is 18.0. The third kappa shape index (κ3) is 5.58. The van der Waals surface area contributed by atoms with Gasteiger partial charge >= 0.3 is 0 Å². The normalized spacial score (nSPS) is 11.8. The summed E-state index contributed by atoms with van der Waals surface area (Å²) < 4.78 is 0. The maximum Gasteiger partial charge on any atom is 0.187 e. The number of hydrogen-bond acceptors (Lipinski definition) is 3. The Kier molecular flexibility index (Phi) is 7.04. The van der Waals surface area contributed by atoms with Gasteiger partial charge in [0.15, 0.2) is 5.78 Å². The number of benzene rings is 4. The van der Waals surface area contributed by atoms with Crippen molar-refractivity contribution in [2.24, 2.45) is 0 Å². The van der Waals surface area contributed by atoms with E-state index < -0.39 is 5.60 Å². The van der Waals surface area contributed by atoms with E-state index in [-0.39, 0.29) is 12.2 Å². The van der Waals surface area contributed by atoms with Crippen molar-refractivity contribution in [2.75, 3.05) is 5.32 Å². The number of hydrogen-bond donors (Lipinski definition) is 2. The zero-order chi connectivity index (χ0) is 23.1. The Morgan fingerprint density at radius 2 is 1.24 bits per heavy atom. The van der Waals surface area contributed by atoms with E-state index in [1.54, 1.807) is 30.3 Å². The minimum absolute atomic E-state index is 0.143. The van der Waals surface area contributed by atoms with Crippen LogP contribution in [0.25, 0.3) is 0 Å². The first-order valence-electron chi connectivity index (χ1n) is 10.7. The average Bonchev–Trinajstić information content (AvgIpc) is 2.87. The highest BCUT2D eigenvalue weighted by atomic mass is 35.5. The van der Waals surface area contributed by atoms with E-state index in [4.69, 9.17) is 11.6 Å². The van der Waals surface area contributed by atoms with Crippen molar-refractivity contribution in [1.29, 1.82) is 0 Å². The quantitative estimate of drug-likeness (QED) is 0.226. The van der Waals surface area contributed by atoms with Crippen molar-refractivity contribution >= 4 is 23.1 Å². The third-order valence-electron chi connectivity index (χ3n) is 5.46. The van der Waals surface area contributed by atoms with Gasteiger partial charge in [-0.15, -0.1) is 0 Å².